The van der Waals surface area contributed by atoms with Gasteiger partial charge >= 0.3 is 0 Å². The van der Waals surface area contributed by atoms with Crippen LogP contribution in [0.2, 0.25) is 0 Å². The maximum absolute atomic E-state index is 11.5. The molecule has 1 amide bonds. The van der Waals surface area contributed by atoms with Gasteiger partial charge in [0.1, 0.15) is 0 Å². The number of carbonyl (C=O) groups is 1. The van der Waals surface area contributed by atoms with Gasteiger partial charge in [0.2, 0.25) is 5.91 Å². The first kappa shape index (κ1) is 13.8. The molecule has 1 aromatic carbocycles. The highest BCUT2D eigenvalue weighted by atomic mass is 32.2. The van der Waals surface area contributed by atoms with Crippen LogP contribution in [0.1, 0.15) is 39.0 Å². The molecule has 1 aromatic rings. The van der Waals surface area contributed by atoms with Gasteiger partial charge in [-0.05, 0) is 37.0 Å². The van der Waals surface area contributed by atoms with E-state index in [1.54, 1.807) is 11.8 Å². The van der Waals surface area contributed by atoms with Crippen LogP contribution in [0.5, 0.6) is 0 Å². The predicted octanol–water partition coefficient (Wildman–Crippen LogP) is 4.11. The molecular weight excluding hydrogens is 268 g/mol. The van der Waals surface area contributed by atoms with E-state index in [9.17, 15) is 4.79 Å². The van der Waals surface area contributed by atoms with Crippen LogP contribution >= 0.6 is 11.8 Å². The highest BCUT2D eigenvalue weighted by Gasteiger charge is 2.24. The van der Waals surface area contributed by atoms with Crippen molar-refractivity contribution in [3.63, 3.8) is 0 Å². The fourth-order valence-electron chi connectivity index (χ4n) is 3.27. The van der Waals surface area contributed by atoms with Crippen molar-refractivity contribution in [2.45, 2.75) is 50.0 Å². The van der Waals surface area contributed by atoms with Gasteiger partial charge in [-0.2, -0.15) is 0 Å². The maximum Gasteiger partial charge on any atom is 0.234 e. The van der Waals surface area contributed by atoms with Crippen molar-refractivity contribution in [3.8, 4) is 0 Å². The zero-order valence-corrected chi connectivity index (χ0v) is 12.8. The van der Waals surface area contributed by atoms with Gasteiger partial charge in [0.15, 0.2) is 0 Å². The summed E-state index contributed by atoms with van der Waals surface area (Å²) in [6, 6.07) is 6.93. The summed E-state index contributed by atoms with van der Waals surface area (Å²) in [5.74, 6) is 1.41. The Balaban J connectivity index is 1.74. The molecule has 4 heteroatoms. The number of thioether (sulfide) groups is 1. The molecular formula is C16H22N2OS. The van der Waals surface area contributed by atoms with Crippen LogP contribution in [0.3, 0.4) is 0 Å². The molecule has 0 radical (unpaired) electrons. The Morgan fingerprint density at radius 2 is 2.20 bits per heavy atom. The molecule has 1 heterocycles. The molecule has 20 heavy (non-hydrogen) atoms. The zero-order chi connectivity index (χ0) is 13.9. The second-order valence-electron chi connectivity index (χ2n) is 5.75. The standard InChI is InChI=1S/C16H22N2OS/c1-2-11-5-3-4-6-13(11)17-12-7-8-15-14(9-12)18-16(19)10-20-15/h7-9,11,13,17H,2-6,10H2,1H3,(H,18,19). The lowest BCUT2D eigenvalue weighted by Crippen LogP contribution is -2.31. The summed E-state index contributed by atoms with van der Waals surface area (Å²) in [7, 11) is 0. The third kappa shape index (κ3) is 2.95. The molecule has 108 valence electrons. The first-order chi connectivity index (χ1) is 9.76. The van der Waals surface area contributed by atoms with Gasteiger partial charge in [-0.3, -0.25) is 4.79 Å². The number of rotatable bonds is 3. The molecule has 0 bridgehead atoms. The van der Waals surface area contributed by atoms with Crippen molar-refractivity contribution in [1.29, 1.82) is 0 Å². The Hall–Kier alpha value is -1.16. The molecule has 1 aliphatic heterocycles. The quantitative estimate of drug-likeness (QED) is 0.880. The van der Waals surface area contributed by atoms with E-state index in [0.29, 0.717) is 11.8 Å². The summed E-state index contributed by atoms with van der Waals surface area (Å²) in [6.07, 6.45) is 6.54. The summed E-state index contributed by atoms with van der Waals surface area (Å²) in [6.45, 7) is 2.29. The van der Waals surface area contributed by atoms with E-state index in [1.807, 2.05) is 0 Å². The largest absolute Gasteiger partial charge is 0.382 e. The number of carbonyl (C=O) groups excluding carboxylic acids is 1. The first-order valence-corrected chi connectivity index (χ1v) is 8.58. The normalized spacial score (nSPS) is 25.8. The number of anilines is 2. The van der Waals surface area contributed by atoms with E-state index < -0.39 is 0 Å². The lowest BCUT2D eigenvalue weighted by atomic mass is 9.83. The molecule has 0 aromatic heterocycles. The highest BCUT2D eigenvalue weighted by Crippen LogP contribution is 2.35. The second kappa shape index (κ2) is 6.08. The van der Waals surface area contributed by atoms with Crippen LogP contribution in [-0.2, 0) is 4.79 Å². The van der Waals surface area contributed by atoms with Gasteiger partial charge in [0.05, 0.1) is 11.4 Å². The number of nitrogens with one attached hydrogen (secondary N) is 2. The van der Waals surface area contributed by atoms with Gasteiger partial charge in [-0.15, -0.1) is 11.8 Å². The van der Waals surface area contributed by atoms with Crippen molar-refractivity contribution in [2.24, 2.45) is 5.92 Å². The van der Waals surface area contributed by atoms with Crippen LogP contribution < -0.4 is 10.6 Å². The Morgan fingerprint density at radius 1 is 1.35 bits per heavy atom. The van der Waals surface area contributed by atoms with Crippen molar-refractivity contribution in [3.05, 3.63) is 18.2 Å². The van der Waals surface area contributed by atoms with Gasteiger partial charge in [0.25, 0.3) is 0 Å². The molecule has 3 rings (SSSR count). The monoisotopic (exact) mass is 290 g/mol. The van der Waals surface area contributed by atoms with Crippen LogP contribution in [-0.4, -0.2) is 17.7 Å². The molecule has 2 aliphatic rings. The minimum Gasteiger partial charge on any atom is -0.382 e. The molecule has 1 saturated carbocycles. The average molecular weight is 290 g/mol. The van der Waals surface area contributed by atoms with Crippen molar-refractivity contribution >= 4 is 29.0 Å². The molecule has 1 aliphatic carbocycles. The number of benzene rings is 1. The fraction of sp³-hybridized carbons (Fsp3) is 0.562. The Kier molecular flexibility index (Phi) is 4.20. The molecule has 2 unspecified atom stereocenters. The van der Waals surface area contributed by atoms with Gasteiger partial charge in [0, 0.05) is 16.6 Å². The summed E-state index contributed by atoms with van der Waals surface area (Å²) in [5, 5.41) is 6.65. The van der Waals surface area contributed by atoms with E-state index >= 15 is 0 Å². The Morgan fingerprint density at radius 3 is 3.05 bits per heavy atom. The van der Waals surface area contributed by atoms with Crippen LogP contribution in [0.25, 0.3) is 0 Å². The molecule has 1 fully saturated rings. The zero-order valence-electron chi connectivity index (χ0n) is 11.9. The first-order valence-electron chi connectivity index (χ1n) is 7.59. The molecule has 2 N–H and O–H groups in total. The maximum atomic E-state index is 11.5. The van der Waals surface area contributed by atoms with Crippen LogP contribution in [0.4, 0.5) is 11.4 Å². The van der Waals surface area contributed by atoms with E-state index in [1.165, 1.54) is 37.0 Å². The van der Waals surface area contributed by atoms with Gasteiger partial charge < -0.3 is 10.6 Å². The topological polar surface area (TPSA) is 41.1 Å². The predicted molar refractivity (Wildman–Crippen MR) is 85.5 cm³/mol. The van der Waals surface area contributed by atoms with Gasteiger partial charge in [-0.1, -0.05) is 26.2 Å². The summed E-state index contributed by atoms with van der Waals surface area (Å²) in [4.78, 5) is 12.6. The number of hydrogen-bond donors (Lipinski definition) is 2. The molecule has 0 saturated heterocycles. The Labute approximate surface area is 124 Å². The fourth-order valence-corrected chi connectivity index (χ4v) is 4.06. The second-order valence-corrected chi connectivity index (χ2v) is 6.77. The van der Waals surface area contributed by atoms with E-state index in [-0.39, 0.29) is 5.91 Å². The SMILES string of the molecule is CCC1CCCCC1Nc1ccc2c(c1)NC(=O)CS2. The average Bonchev–Trinajstić information content (AvgIpc) is 2.47. The number of hydrogen-bond acceptors (Lipinski definition) is 3. The van der Waals surface area contributed by atoms with Crippen molar-refractivity contribution < 1.29 is 4.79 Å². The smallest absolute Gasteiger partial charge is 0.234 e. The molecule has 2 atom stereocenters. The lowest BCUT2D eigenvalue weighted by Gasteiger charge is -2.32. The molecule has 0 spiro atoms. The third-order valence-corrected chi connectivity index (χ3v) is 5.47. The minimum atomic E-state index is 0.101. The van der Waals surface area contributed by atoms with Crippen molar-refractivity contribution in [1.82, 2.24) is 0 Å². The van der Waals surface area contributed by atoms with E-state index in [4.69, 9.17) is 0 Å². The third-order valence-electron chi connectivity index (χ3n) is 4.40. The van der Waals surface area contributed by atoms with Gasteiger partial charge in [-0.25, -0.2) is 0 Å². The van der Waals surface area contributed by atoms with E-state index in [0.717, 1.165) is 17.3 Å². The Bertz CT molecular complexity index is 503. The number of fused-ring (bicyclic) bond motifs is 1. The molecule has 3 nitrogen and oxygen atoms in total. The lowest BCUT2D eigenvalue weighted by molar-refractivity contribution is -0.113. The highest BCUT2D eigenvalue weighted by molar-refractivity contribution is 8.00. The summed E-state index contributed by atoms with van der Waals surface area (Å²) < 4.78 is 0. The summed E-state index contributed by atoms with van der Waals surface area (Å²) in [5.41, 5.74) is 2.09. The number of amides is 1. The van der Waals surface area contributed by atoms with Crippen LogP contribution in [0.15, 0.2) is 23.1 Å². The van der Waals surface area contributed by atoms with E-state index in [2.05, 4.69) is 35.8 Å². The minimum absolute atomic E-state index is 0.101. The summed E-state index contributed by atoms with van der Waals surface area (Å²) >= 11 is 1.62. The van der Waals surface area contributed by atoms with Crippen LogP contribution in [0, 0.1) is 5.92 Å². The van der Waals surface area contributed by atoms with Crippen molar-refractivity contribution in [2.75, 3.05) is 16.4 Å².